The van der Waals surface area contributed by atoms with Gasteiger partial charge in [-0.2, -0.15) is 4.98 Å². The predicted octanol–water partition coefficient (Wildman–Crippen LogP) is 3.01. The molecule has 0 bridgehead atoms. The van der Waals surface area contributed by atoms with Crippen molar-refractivity contribution in [3.63, 3.8) is 0 Å². The number of aromatic amines is 1. The minimum Gasteiger partial charge on any atom is -0.496 e. The molecule has 2 heterocycles. The summed E-state index contributed by atoms with van der Waals surface area (Å²) in [5.41, 5.74) is 1.61. The monoisotopic (exact) mass is 372 g/mol. The Morgan fingerprint density at radius 1 is 1.27 bits per heavy atom. The average Bonchev–Trinajstić information content (AvgIpc) is 3.33. The fourth-order valence-electron chi connectivity index (χ4n) is 2.25. The van der Waals surface area contributed by atoms with Gasteiger partial charge in [-0.3, -0.25) is 5.10 Å². The van der Waals surface area contributed by atoms with Gasteiger partial charge in [-0.15, -0.1) is 5.10 Å². The highest BCUT2D eigenvalue weighted by atomic mass is 32.2. The van der Waals surface area contributed by atoms with E-state index >= 15 is 0 Å². The van der Waals surface area contributed by atoms with E-state index in [4.69, 9.17) is 14.0 Å². The highest BCUT2D eigenvalue weighted by Crippen LogP contribution is 2.30. The van der Waals surface area contributed by atoms with E-state index in [1.165, 1.54) is 18.9 Å². The lowest BCUT2D eigenvalue weighted by molar-refractivity contribution is -0.105. The van der Waals surface area contributed by atoms with Crippen LogP contribution in [0.15, 0.2) is 45.1 Å². The molecule has 1 N–H and O–H groups in total. The van der Waals surface area contributed by atoms with Crippen molar-refractivity contribution in [2.45, 2.75) is 5.16 Å². The number of thioether (sulfide) groups is 1. The summed E-state index contributed by atoms with van der Waals surface area (Å²) in [6.07, 6.45) is 2.37. The molecule has 0 radical (unpaired) electrons. The summed E-state index contributed by atoms with van der Waals surface area (Å²) < 4.78 is 11.2. The van der Waals surface area contributed by atoms with Crippen molar-refractivity contribution in [1.82, 2.24) is 15.2 Å². The van der Waals surface area contributed by atoms with E-state index in [2.05, 4.69) is 20.3 Å². The van der Waals surface area contributed by atoms with E-state index in [1.807, 2.05) is 24.3 Å². The Bertz CT molecular complexity index is 919. The number of carbonyl (C=O) groups is 1. The van der Waals surface area contributed by atoms with E-state index in [1.54, 1.807) is 19.4 Å². The average molecular weight is 372 g/mol. The molecule has 0 spiro atoms. The second-order valence-electron chi connectivity index (χ2n) is 4.98. The fourth-order valence-corrected chi connectivity index (χ4v) is 2.73. The van der Waals surface area contributed by atoms with Gasteiger partial charge in [0.15, 0.2) is 11.6 Å². The number of aromatic nitrogens is 3. The summed E-state index contributed by atoms with van der Waals surface area (Å²) in [5, 5.41) is 11.1. The lowest BCUT2D eigenvalue weighted by Crippen LogP contribution is -1.92. The largest absolute Gasteiger partial charge is 0.496 e. The van der Waals surface area contributed by atoms with Crippen LogP contribution in [0.5, 0.6) is 5.75 Å². The molecule has 0 saturated heterocycles. The van der Waals surface area contributed by atoms with Crippen LogP contribution in [-0.4, -0.2) is 47.7 Å². The summed E-state index contributed by atoms with van der Waals surface area (Å²) >= 11 is 1.25. The lowest BCUT2D eigenvalue weighted by atomic mass is 10.1. The maximum Gasteiger partial charge on any atom is 0.209 e. The third-order valence-corrected chi connectivity index (χ3v) is 4.14. The summed E-state index contributed by atoms with van der Waals surface area (Å²) in [6, 6.07) is 9.25. The van der Waals surface area contributed by atoms with E-state index in [-0.39, 0.29) is 0 Å². The molecule has 0 saturated carbocycles. The van der Waals surface area contributed by atoms with Gasteiger partial charge in [0.1, 0.15) is 24.9 Å². The lowest BCUT2D eigenvalue weighted by Gasteiger charge is -2.06. The number of methoxy groups -OCH3 is 1. The number of aldehydes is 1. The Labute approximate surface area is 153 Å². The van der Waals surface area contributed by atoms with Crippen LogP contribution in [0, 0.1) is 0 Å². The van der Waals surface area contributed by atoms with Crippen molar-refractivity contribution in [3.8, 4) is 28.7 Å². The number of benzene rings is 1. The van der Waals surface area contributed by atoms with Gasteiger partial charge in [-0.05, 0) is 30.3 Å². The minimum absolute atomic E-state index is 0.304. The van der Waals surface area contributed by atoms with Gasteiger partial charge in [-0.1, -0.05) is 16.9 Å². The zero-order valence-electron chi connectivity index (χ0n) is 14.1. The Morgan fingerprint density at radius 3 is 2.88 bits per heavy atom. The van der Waals surface area contributed by atoms with Gasteiger partial charge in [0.2, 0.25) is 5.16 Å². The van der Waals surface area contributed by atoms with Crippen LogP contribution < -0.4 is 4.74 Å². The van der Waals surface area contributed by atoms with Crippen LogP contribution in [0.2, 0.25) is 0 Å². The van der Waals surface area contributed by atoms with Crippen LogP contribution in [0.1, 0.15) is 5.56 Å². The van der Waals surface area contributed by atoms with Crippen LogP contribution in [0.25, 0.3) is 22.9 Å². The molecule has 8 nitrogen and oxygen atoms in total. The molecule has 9 heteroatoms. The molecule has 134 valence electrons. The van der Waals surface area contributed by atoms with Crippen LogP contribution >= 0.6 is 11.8 Å². The Morgan fingerprint density at radius 2 is 2.12 bits per heavy atom. The quantitative estimate of drug-likeness (QED) is 0.281. The van der Waals surface area contributed by atoms with E-state index in [0.717, 1.165) is 17.4 Å². The second-order valence-corrected chi connectivity index (χ2v) is 5.97. The van der Waals surface area contributed by atoms with Crippen molar-refractivity contribution in [2.75, 3.05) is 20.0 Å². The number of hydrogen-bond donors (Lipinski definition) is 1. The standard InChI is InChI=1S/C17H16N4O4S/c1-23-13-4-3-11(9-12(13)10-18-24-2)14-5-6-15(25-14)16-19-17(21-20-16)26-8-7-22/h3-7,9-10H,8H2,1-2H3,(H,19,20,21)/b18-10+. The molecular formula is C17H16N4O4S. The molecule has 3 rings (SSSR count). The molecule has 3 aromatic rings. The highest BCUT2D eigenvalue weighted by molar-refractivity contribution is 7.99. The van der Waals surface area contributed by atoms with Gasteiger partial charge < -0.3 is 18.8 Å². The normalized spacial score (nSPS) is 11.0. The maximum absolute atomic E-state index is 10.4. The number of furan rings is 1. The Kier molecular flexibility index (Phi) is 5.69. The summed E-state index contributed by atoms with van der Waals surface area (Å²) in [6.45, 7) is 0. The van der Waals surface area contributed by atoms with E-state index in [0.29, 0.717) is 34.0 Å². The van der Waals surface area contributed by atoms with E-state index in [9.17, 15) is 4.79 Å². The van der Waals surface area contributed by atoms with Gasteiger partial charge in [0.25, 0.3) is 0 Å². The summed E-state index contributed by atoms with van der Waals surface area (Å²) in [7, 11) is 3.07. The van der Waals surface area contributed by atoms with Crippen molar-refractivity contribution in [1.29, 1.82) is 0 Å². The molecule has 0 aliphatic carbocycles. The zero-order valence-corrected chi connectivity index (χ0v) is 14.9. The first-order valence-electron chi connectivity index (χ1n) is 7.59. The number of hydrogen-bond acceptors (Lipinski definition) is 8. The van der Waals surface area contributed by atoms with Gasteiger partial charge >= 0.3 is 0 Å². The predicted molar refractivity (Wildman–Crippen MR) is 97.5 cm³/mol. The minimum atomic E-state index is 0.304. The molecule has 0 atom stereocenters. The molecule has 1 aromatic carbocycles. The molecule has 0 aliphatic rings. The molecule has 0 aliphatic heterocycles. The number of carbonyl (C=O) groups excluding carboxylic acids is 1. The number of ether oxygens (including phenoxy) is 1. The SMILES string of the molecule is CO/N=C/c1cc(-c2ccc(-c3nc(SCC=O)n[nH]3)o2)ccc1OC. The molecule has 0 unspecified atom stereocenters. The Balaban J connectivity index is 1.86. The molecule has 0 amide bonds. The smallest absolute Gasteiger partial charge is 0.209 e. The Hall–Kier alpha value is -3.07. The zero-order chi connectivity index (χ0) is 18.4. The number of oxime groups is 1. The first kappa shape index (κ1) is 17.7. The van der Waals surface area contributed by atoms with Crippen LogP contribution in [-0.2, 0) is 9.63 Å². The molecule has 0 fully saturated rings. The van der Waals surface area contributed by atoms with E-state index < -0.39 is 0 Å². The number of nitrogens with zero attached hydrogens (tertiary/aromatic N) is 3. The maximum atomic E-state index is 10.4. The number of nitrogens with one attached hydrogen (secondary N) is 1. The van der Waals surface area contributed by atoms with Crippen LogP contribution in [0.3, 0.4) is 0 Å². The summed E-state index contributed by atoms with van der Waals surface area (Å²) in [5.74, 6) is 2.69. The van der Waals surface area contributed by atoms with Crippen molar-refractivity contribution in [3.05, 3.63) is 35.9 Å². The molecule has 26 heavy (non-hydrogen) atoms. The second kappa shape index (κ2) is 8.34. The fraction of sp³-hybridized carbons (Fsp3) is 0.176. The topological polar surface area (TPSA) is 103 Å². The van der Waals surface area contributed by atoms with Crippen molar-refractivity contribution < 1.29 is 18.8 Å². The molecular weight excluding hydrogens is 356 g/mol. The number of rotatable bonds is 8. The highest BCUT2D eigenvalue weighted by Gasteiger charge is 2.13. The summed E-state index contributed by atoms with van der Waals surface area (Å²) in [4.78, 5) is 19.4. The van der Waals surface area contributed by atoms with Crippen molar-refractivity contribution >= 4 is 24.3 Å². The first-order valence-corrected chi connectivity index (χ1v) is 8.57. The van der Waals surface area contributed by atoms with Crippen molar-refractivity contribution in [2.24, 2.45) is 5.16 Å². The van der Waals surface area contributed by atoms with Gasteiger partial charge in [-0.25, -0.2) is 0 Å². The third kappa shape index (κ3) is 3.94. The van der Waals surface area contributed by atoms with Crippen LogP contribution in [0.4, 0.5) is 0 Å². The molecule has 2 aromatic heterocycles. The number of H-pyrrole nitrogens is 1. The first-order chi connectivity index (χ1) is 12.7. The third-order valence-electron chi connectivity index (χ3n) is 3.40. The van der Waals surface area contributed by atoms with Gasteiger partial charge in [0, 0.05) is 11.1 Å². The van der Waals surface area contributed by atoms with Gasteiger partial charge in [0.05, 0.1) is 19.1 Å².